The maximum Gasteiger partial charge on any atom is 0.0576 e. The zero-order valence-electron chi connectivity index (χ0n) is 8.59. The van der Waals surface area contributed by atoms with Crippen molar-refractivity contribution in [3.63, 3.8) is 0 Å². The third kappa shape index (κ3) is 4.44. The highest BCUT2D eigenvalue weighted by Crippen LogP contribution is 2.18. The highest BCUT2D eigenvalue weighted by Gasteiger charge is 2.16. The Morgan fingerprint density at radius 1 is 1.69 bits per heavy atom. The van der Waals surface area contributed by atoms with Crippen LogP contribution in [0.25, 0.3) is 0 Å². The molecule has 76 valence electrons. The van der Waals surface area contributed by atoms with Crippen molar-refractivity contribution >= 4 is 0 Å². The lowest BCUT2D eigenvalue weighted by Gasteiger charge is -2.14. The second kappa shape index (κ2) is 5.40. The van der Waals surface area contributed by atoms with Crippen LogP contribution >= 0.6 is 0 Å². The van der Waals surface area contributed by atoms with E-state index in [1.807, 2.05) is 6.92 Å². The van der Waals surface area contributed by atoms with Gasteiger partial charge in [-0.05, 0) is 39.0 Å². The first-order valence-corrected chi connectivity index (χ1v) is 5.20. The fourth-order valence-electron chi connectivity index (χ4n) is 1.82. The molecule has 13 heavy (non-hydrogen) atoms. The van der Waals surface area contributed by atoms with Crippen LogP contribution in [0.4, 0.5) is 0 Å². The van der Waals surface area contributed by atoms with Crippen molar-refractivity contribution < 1.29 is 4.74 Å². The lowest BCUT2D eigenvalue weighted by atomic mass is 10.0. The second-order valence-electron chi connectivity index (χ2n) is 4.13. The Bertz CT molecular complexity index is 161. The second-order valence-corrected chi connectivity index (χ2v) is 4.13. The summed E-state index contributed by atoms with van der Waals surface area (Å²) in [6.45, 7) is 6.84. The first kappa shape index (κ1) is 10.7. The molecular formula is C11H21NO. The largest absolute Gasteiger partial charge is 0.378 e. The molecule has 2 atom stereocenters. The lowest BCUT2D eigenvalue weighted by molar-refractivity contribution is 0.101. The summed E-state index contributed by atoms with van der Waals surface area (Å²) in [4.78, 5) is 0. The van der Waals surface area contributed by atoms with E-state index in [-0.39, 0.29) is 6.04 Å². The van der Waals surface area contributed by atoms with Gasteiger partial charge in [-0.2, -0.15) is 0 Å². The number of hydrogen-bond acceptors (Lipinski definition) is 2. The van der Waals surface area contributed by atoms with E-state index in [0.29, 0.717) is 6.10 Å². The Balaban J connectivity index is 2.06. The third-order valence-corrected chi connectivity index (χ3v) is 2.49. The molecule has 0 spiro atoms. The summed E-state index contributed by atoms with van der Waals surface area (Å²) in [5.41, 5.74) is 7.12. The van der Waals surface area contributed by atoms with Crippen molar-refractivity contribution in [1.29, 1.82) is 0 Å². The summed E-state index contributed by atoms with van der Waals surface area (Å²) in [6.07, 6.45) is 6.06. The molecule has 2 N–H and O–H groups in total. The monoisotopic (exact) mass is 183 g/mol. The molecule has 1 saturated heterocycles. The lowest BCUT2D eigenvalue weighted by Crippen LogP contribution is -2.22. The summed E-state index contributed by atoms with van der Waals surface area (Å²) in [5.74, 6) is 0. The summed E-state index contributed by atoms with van der Waals surface area (Å²) >= 11 is 0. The van der Waals surface area contributed by atoms with Crippen molar-refractivity contribution in [1.82, 2.24) is 0 Å². The molecule has 2 unspecified atom stereocenters. The van der Waals surface area contributed by atoms with Crippen LogP contribution in [0, 0.1) is 0 Å². The van der Waals surface area contributed by atoms with Crippen molar-refractivity contribution in [3.05, 3.63) is 12.2 Å². The first-order chi connectivity index (χ1) is 6.18. The molecule has 2 nitrogen and oxygen atoms in total. The predicted octanol–water partition coefficient (Wildman–Crippen LogP) is 2.24. The molecule has 0 radical (unpaired) electrons. The quantitative estimate of drug-likeness (QED) is 0.663. The Hall–Kier alpha value is -0.340. The van der Waals surface area contributed by atoms with Crippen LogP contribution in [0.15, 0.2) is 12.2 Å². The molecule has 1 aliphatic heterocycles. The van der Waals surface area contributed by atoms with Gasteiger partial charge in [-0.25, -0.2) is 0 Å². The highest BCUT2D eigenvalue weighted by atomic mass is 16.5. The number of ether oxygens (including phenoxy) is 1. The van der Waals surface area contributed by atoms with Gasteiger partial charge in [-0.3, -0.25) is 0 Å². The summed E-state index contributed by atoms with van der Waals surface area (Å²) < 4.78 is 5.53. The standard InChI is InChI=1S/C11H21NO/c1-9(2)8-10(12)5-6-11-4-3-7-13-11/h10-11H,1,3-8,12H2,2H3. The molecule has 0 saturated carbocycles. The van der Waals surface area contributed by atoms with Crippen LogP contribution < -0.4 is 5.73 Å². The maximum absolute atomic E-state index is 5.94. The predicted molar refractivity (Wildman–Crippen MR) is 55.6 cm³/mol. The van der Waals surface area contributed by atoms with Gasteiger partial charge in [0.1, 0.15) is 0 Å². The average molecular weight is 183 g/mol. The van der Waals surface area contributed by atoms with E-state index in [0.717, 1.165) is 25.9 Å². The topological polar surface area (TPSA) is 35.2 Å². The van der Waals surface area contributed by atoms with Crippen LogP contribution in [0.5, 0.6) is 0 Å². The van der Waals surface area contributed by atoms with Gasteiger partial charge >= 0.3 is 0 Å². The molecule has 0 amide bonds. The van der Waals surface area contributed by atoms with Crippen molar-refractivity contribution in [2.75, 3.05) is 6.61 Å². The Morgan fingerprint density at radius 3 is 3.00 bits per heavy atom. The Kier molecular flexibility index (Phi) is 4.46. The van der Waals surface area contributed by atoms with Crippen molar-refractivity contribution in [2.24, 2.45) is 5.73 Å². The minimum Gasteiger partial charge on any atom is -0.378 e. The molecule has 0 aromatic rings. The molecule has 0 aliphatic carbocycles. The van der Waals surface area contributed by atoms with Crippen LogP contribution in [-0.4, -0.2) is 18.8 Å². The Labute approximate surface area is 81.1 Å². The van der Waals surface area contributed by atoms with E-state index >= 15 is 0 Å². The summed E-state index contributed by atoms with van der Waals surface area (Å²) in [5, 5.41) is 0. The minimum absolute atomic E-state index is 0.279. The smallest absolute Gasteiger partial charge is 0.0576 e. The van der Waals surface area contributed by atoms with Crippen LogP contribution in [0.1, 0.15) is 39.0 Å². The van der Waals surface area contributed by atoms with Gasteiger partial charge in [-0.1, -0.05) is 5.57 Å². The van der Waals surface area contributed by atoms with Gasteiger partial charge in [0.25, 0.3) is 0 Å². The fourth-order valence-corrected chi connectivity index (χ4v) is 1.82. The maximum atomic E-state index is 5.94. The van der Waals surface area contributed by atoms with Crippen LogP contribution in [0.3, 0.4) is 0 Å². The molecular weight excluding hydrogens is 162 g/mol. The van der Waals surface area contributed by atoms with Crippen molar-refractivity contribution in [3.8, 4) is 0 Å². The fraction of sp³-hybridized carbons (Fsp3) is 0.818. The SMILES string of the molecule is C=C(C)CC(N)CCC1CCCO1. The molecule has 1 rings (SSSR count). The zero-order valence-corrected chi connectivity index (χ0v) is 8.59. The van der Waals surface area contributed by atoms with Gasteiger partial charge in [0.2, 0.25) is 0 Å². The first-order valence-electron chi connectivity index (χ1n) is 5.20. The average Bonchev–Trinajstić information content (AvgIpc) is 2.51. The summed E-state index contributed by atoms with van der Waals surface area (Å²) in [6, 6.07) is 0.279. The minimum atomic E-state index is 0.279. The van der Waals surface area contributed by atoms with Crippen LogP contribution in [0.2, 0.25) is 0 Å². The van der Waals surface area contributed by atoms with Crippen LogP contribution in [-0.2, 0) is 4.74 Å². The van der Waals surface area contributed by atoms with E-state index in [9.17, 15) is 0 Å². The highest BCUT2D eigenvalue weighted by molar-refractivity contribution is 4.91. The van der Waals surface area contributed by atoms with Gasteiger partial charge in [0.05, 0.1) is 6.10 Å². The molecule has 0 aromatic heterocycles. The third-order valence-electron chi connectivity index (χ3n) is 2.49. The number of rotatable bonds is 5. The number of nitrogens with two attached hydrogens (primary N) is 1. The normalized spacial score (nSPS) is 24.6. The van der Waals surface area contributed by atoms with E-state index in [4.69, 9.17) is 10.5 Å². The van der Waals surface area contributed by atoms with Gasteiger partial charge in [-0.15, -0.1) is 6.58 Å². The molecule has 0 aromatic carbocycles. The zero-order chi connectivity index (χ0) is 9.68. The summed E-state index contributed by atoms with van der Waals surface area (Å²) in [7, 11) is 0. The van der Waals surface area contributed by atoms with Gasteiger partial charge in [0.15, 0.2) is 0 Å². The van der Waals surface area contributed by atoms with Gasteiger partial charge in [0, 0.05) is 12.6 Å². The molecule has 1 aliphatic rings. The van der Waals surface area contributed by atoms with E-state index in [1.165, 1.54) is 18.4 Å². The molecule has 1 fully saturated rings. The van der Waals surface area contributed by atoms with E-state index in [2.05, 4.69) is 6.58 Å². The van der Waals surface area contributed by atoms with E-state index in [1.54, 1.807) is 0 Å². The van der Waals surface area contributed by atoms with Crippen molar-refractivity contribution in [2.45, 2.75) is 51.2 Å². The van der Waals surface area contributed by atoms with E-state index < -0.39 is 0 Å². The van der Waals surface area contributed by atoms with Gasteiger partial charge < -0.3 is 10.5 Å². The molecule has 2 heteroatoms. The molecule has 1 heterocycles. The molecule has 0 bridgehead atoms. The number of hydrogen-bond donors (Lipinski definition) is 1. The Morgan fingerprint density at radius 2 is 2.46 bits per heavy atom.